The molecule has 0 aliphatic carbocycles. The van der Waals surface area contributed by atoms with Crippen LogP contribution in [0.1, 0.15) is 16.7 Å². The summed E-state index contributed by atoms with van der Waals surface area (Å²) in [4.78, 5) is 0. The van der Waals surface area contributed by atoms with Crippen molar-refractivity contribution in [1.29, 1.82) is 5.41 Å². The van der Waals surface area contributed by atoms with Gasteiger partial charge in [-0.25, -0.2) is 0 Å². The number of aryl methyl sites for hydroxylation is 2. The molecule has 70 valence electrons. The van der Waals surface area contributed by atoms with Crippen molar-refractivity contribution in [3.63, 3.8) is 0 Å². The number of nitrogen functional groups attached to an aromatic ring is 1. The van der Waals surface area contributed by atoms with Gasteiger partial charge < -0.3 is 10.5 Å². The molecule has 0 fully saturated rings. The molecular formula is C10H14N2O. The number of nitrogens with two attached hydrogens (primary N) is 1. The minimum absolute atomic E-state index is 0.0503. The summed E-state index contributed by atoms with van der Waals surface area (Å²) < 4.78 is 5.15. The van der Waals surface area contributed by atoms with Gasteiger partial charge >= 0.3 is 0 Å². The van der Waals surface area contributed by atoms with E-state index in [1.807, 2.05) is 26.0 Å². The van der Waals surface area contributed by atoms with Crippen LogP contribution in [0.25, 0.3) is 0 Å². The number of methoxy groups -OCH3 is 1. The van der Waals surface area contributed by atoms with E-state index in [2.05, 4.69) is 0 Å². The van der Waals surface area contributed by atoms with Crippen LogP contribution in [0.4, 0.5) is 0 Å². The fourth-order valence-corrected chi connectivity index (χ4v) is 1.43. The quantitative estimate of drug-likeness (QED) is 0.533. The molecule has 0 bridgehead atoms. The fraction of sp³-hybridized carbons (Fsp3) is 0.300. The van der Waals surface area contributed by atoms with Gasteiger partial charge in [0.05, 0.1) is 12.7 Å². The van der Waals surface area contributed by atoms with E-state index >= 15 is 0 Å². The zero-order valence-electron chi connectivity index (χ0n) is 8.14. The van der Waals surface area contributed by atoms with Crippen LogP contribution < -0.4 is 10.5 Å². The normalized spacial score (nSPS) is 9.77. The fourth-order valence-electron chi connectivity index (χ4n) is 1.43. The van der Waals surface area contributed by atoms with Crippen LogP contribution in [0.3, 0.4) is 0 Å². The molecule has 0 aliphatic rings. The highest BCUT2D eigenvalue weighted by molar-refractivity contribution is 5.99. The molecule has 3 N–H and O–H groups in total. The second-order valence-electron chi connectivity index (χ2n) is 3.07. The maximum Gasteiger partial charge on any atom is 0.130 e. The van der Waals surface area contributed by atoms with E-state index in [-0.39, 0.29) is 5.84 Å². The second-order valence-corrected chi connectivity index (χ2v) is 3.07. The second kappa shape index (κ2) is 3.47. The zero-order chi connectivity index (χ0) is 10.0. The Hall–Kier alpha value is -1.51. The van der Waals surface area contributed by atoms with Gasteiger partial charge in [-0.2, -0.15) is 0 Å². The Kier molecular flexibility index (Phi) is 2.56. The molecule has 1 aromatic carbocycles. The van der Waals surface area contributed by atoms with Crippen molar-refractivity contribution in [2.75, 3.05) is 7.11 Å². The first-order chi connectivity index (χ1) is 6.06. The van der Waals surface area contributed by atoms with Crippen LogP contribution in [-0.4, -0.2) is 12.9 Å². The molecular weight excluding hydrogens is 164 g/mol. The molecule has 0 radical (unpaired) electrons. The molecule has 0 atom stereocenters. The van der Waals surface area contributed by atoms with E-state index in [9.17, 15) is 0 Å². The van der Waals surface area contributed by atoms with Gasteiger partial charge in [0.2, 0.25) is 0 Å². The molecule has 0 saturated carbocycles. The molecule has 3 heteroatoms. The van der Waals surface area contributed by atoms with Crippen molar-refractivity contribution >= 4 is 5.84 Å². The number of hydrogen-bond donors (Lipinski definition) is 2. The van der Waals surface area contributed by atoms with E-state index in [1.165, 1.54) is 0 Å². The van der Waals surface area contributed by atoms with Crippen molar-refractivity contribution in [3.05, 3.63) is 28.8 Å². The third-order valence-corrected chi connectivity index (χ3v) is 1.93. The minimum Gasteiger partial charge on any atom is -0.496 e. The SMILES string of the molecule is COc1cc(C)cc(C)c1C(=N)N. The Balaban J connectivity index is 3.38. The lowest BCUT2D eigenvalue weighted by Gasteiger charge is -2.11. The third kappa shape index (κ3) is 1.80. The smallest absolute Gasteiger partial charge is 0.130 e. The molecule has 0 unspecified atom stereocenters. The summed E-state index contributed by atoms with van der Waals surface area (Å²) in [5.74, 6) is 0.722. The standard InChI is InChI=1S/C10H14N2O/c1-6-4-7(2)9(10(11)12)8(5-6)13-3/h4-5H,1-3H3,(H3,11,12). The topological polar surface area (TPSA) is 59.1 Å². The van der Waals surface area contributed by atoms with Crippen LogP contribution in [-0.2, 0) is 0 Å². The summed E-state index contributed by atoms with van der Waals surface area (Å²) in [6.45, 7) is 3.91. The highest BCUT2D eigenvalue weighted by Crippen LogP contribution is 2.23. The number of rotatable bonds is 2. The minimum atomic E-state index is 0.0503. The molecule has 1 aromatic rings. The van der Waals surface area contributed by atoms with Crippen LogP contribution in [0.2, 0.25) is 0 Å². The number of amidine groups is 1. The van der Waals surface area contributed by atoms with Crippen LogP contribution in [0, 0.1) is 19.3 Å². The molecule has 0 saturated heterocycles. The van der Waals surface area contributed by atoms with Gasteiger partial charge in [0, 0.05) is 0 Å². The average Bonchev–Trinajstić information content (AvgIpc) is 2.01. The first-order valence-corrected chi connectivity index (χ1v) is 4.06. The van der Waals surface area contributed by atoms with Crippen molar-refractivity contribution in [1.82, 2.24) is 0 Å². The lowest BCUT2D eigenvalue weighted by Crippen LogP contribution is -2.14. The van der Waals surface area contributed by atoms with Crippen molar-refractivity contribution in [2.45, 2.75) is 13.8 Å². The molecule has 0 spiro atoms. The van der Waals surface area contributed by atoms with Crippen LogP contribution >= 0.6 is 0 Å². The Morgan fingerprint density at radius 2 is 2.00 bits per heavy atom. The monoisotopic (exact) mass is 178 g/mol. The Labute approximate surface area is 78.0 Å². The zero-order valence-corrected chi connectivity index (χ0v) is 8.14. The molecule has 0 amide bonds. The largest absolute Gasteiger partial charge is 0.496 e. The Morgan fingerprint density at radius 1 is 1.38 bits per heavy atom. The number of ether oxygens (including phenoxy) is 1. The first-order valence-electron chi connectivity index (χ1n) is 4.06. The van der Waals surface area contributed by atoms with Gasteiger partial charge in [0.1, 0.15) is 11.6 Å². The van der Waals surface area contributed by atoms with E-state index in [0.717, 1.165) is 11.1 Å². The summed E-state index contributed by atoms with van der Waals surface area (Å²) in [5, 5.41) is 7.39. The van der Waals surface area contributed by atoms with E-state index in [1.54, 1.807) is 7.11 Å². The van der Waals surface area contributed by atoms with Crippen LogP contribution in [0.15, 0.2) is 12.1 Å². The molecule has 13 heavy (non-hydrogen) atoms. The van der Waals surface area contributed by atoms with Gasteiger partial charge in [-0.3, -0.25) is 5.41 Å². The van der Waals surface area contributed by atoms with Crippen LogP contribution in [0.5, 0.6) is 5.75 Å². The lowest BCUT2D eigenvalue weighted by atomic mass is 10.0. The number of hydrogen-bond acceptors (Lipinski definition) is 2. The van der Waals surface area contributed by atoms with E-state index < -0.39 is 0 Å². The third-order valence-electron chi connectivity index (χ3n) is 1.93. The van der Waals surface area contributed by atoms with Crippen molar-refractivity contribution in [2.24, 2.45) is 5.73 Å². The van der Waals surface area contributed by atoms with E-state index in [0.29, 0.717) is 11.3 Å². The lowest BCUT2D eigenvalue weighted by molar-refractivity contribution is 0.413. The van der Waals surface area contributed by atoms with Gasteiger partial charge in [0.25, 0.3) is 0 Å². The Morgan fingerprint density at radius 3 is 2.46 bits per heavy atom. The summed E-state index contributed by atoms with van der Waals surface area (Å²) in [6, 6.07) is 3.86. The predicted octanol–water partition coefficient (Wildman–Crippen LogP) is 1.60. The summed E-state index contributed by atoms with van der Waals surface area (Å²) in [7, 11) is 1.58. The number of nitrogens with one attached hydrogen (secondary N) is 1. The summed E-state index contributed by atoms with van der Waals surface area (Å²) in [6.07, 6.45) is 0. The maximum atomic E-state index is 7.39. The van der Waals surface area contributed by atoms with Crippen molar-refractivity contribution < 1.29 is 4.74 Å². The predicted molar refractivity (Wildman–Crippen MR) is 53.5 cm³/mol. The first kappa shape index (κ1) is 9.58. The van der Waals surface area contributed by atoms with E-state index in [4.69, 9.17) is 15.9 Å². The highest BCUT2D eigenvalue weighted by Gasteiger charge is 2.09. The maximum absolute atomic E-state index is 7.39. The molecule has 0 aromatic heterocycles. The average molecular weight is 178 g/mol. The van der Waals surface area contributed by atoms with Gasteiger partial charge in [-0.1, -0.05) is 6.07 Å². The van der Waals surface area contributed by atoms with Gasteiger partial charge in [-0.15, -0.1) is 0 Å². The summed E-state index contributed by atoms with van der Waals surface area (Å²) in [5.41, 5.74) is 8.22. The Bertz CT molecular complexity index is 345. The van der Waals surface area contributed by atoms with Crippen molar-refractivity contribution in [3.8, 4) is 5.75 Å². The molecule has 1 rings (SSSR count). The van der Waals surface area contributed by atoms with Gasteiger partial charge in [0.15, 0.2) is 0 Å². The molecule has 0 aliphatic heterocycles. The molecule has 0 heterocycles. The number of benzene rings is 1. The molecule has 3 nitrogen and oxygen atoms in total. The summed E-state index contributed by atoms with van der Waals surface area (Å²) >= 11 is 0. The van der Waals surface area contributed by atoms with Gasteiger partial charge in [-0.05, 0) is 31.0 Å². The highest BCUT2D eigenvalue weighted by atomic mass is 16.5.